The number of carbonyl (C=O) groups excluding carboxylic acids is 2. The van der Waals surface area contributed by atoms with Gasteiger partial charge in [0.1, 0.15) is 11.5 Å². The number of rotatable bonds is 5. The van der Waals surface area contributed by atoms with Crippen LogP contribution in [0.2, 0.25) is 5.02 Å². The third kappa shape index (κ3) is 3.90. The second kappa shape index (κ2) is 8.62. The topological polar surface area (TPSA) is 79.7 Å². The van der Waals surface area contributed by atoms with E-state index < -0.39 is 17.7 Å². The van der Waals surface area contributed by atoms with Crippen molar-refractivity contribution >= 4 is 34.7 Å². The molecular formula is C24H19ClN2O4. The number of nitrogens with zero attached hydrogens (tertiary/aromatic N) is 2. The highest BCUT2D eigenvalue weighted by molar-refractivity contribution is 6.51. The van der Waals surface area contributed by atoms with Crippen molar-refractivity contribution in [3.63, 3.8) is 0 Å². The van der Waals surface area contributed by atoms with Crippen LogP contribution in [0.3, 0.4) is 0 Å². The van der Waals surface area contributed by atoms with Gasteiger partial charge in [-0.1, -0.05) is 23.7 Å². The molecule has 1 aromatic heterocycles. The molecule has 1 unspecified atom stereocenters. The third-order valence-electron chi connectivity index (χ3n) is 4.99. The van der Waals surface area contributed by atoms with Crippen molar-refractivity contribution < 1.29 is 19.4 Å². The van der Waals surface area contributed by atoms with Gasteiger partial charge < -0.3 is 9.84 Å². The lowest BCUT2D eigenvalue weighted by Gasteiger charge is -2.25. The second-order valence-electron chi connectivity index (χ2n) is 6.89. The van der Waals surface area contributed by atoms with Crippen molar-refractivity contribution in [1.29, 1.82) is 0 Å². The van der Waals surface area contributed by atoms with Crippen LogP contribution in [-0.4, -0.2) is 28.4 Å². The molecule has 1 aliphatic heterocycles. The molecule has 0 saturated carbocycles. The first-order valence-electron chi connectivity index (χ1n) is 9.71. The highest BCUT2D eigenvalue weighted by Gasteiger charge is 2.47. The van der Waals surface area contributed by atoms with Gasteiger partial charge in [0.15, 0.2) is 0 Å². The molecule has 0 spiro atoms. The number of aromatic nitrogens is 1. The van der Waals surface area contributed by atoms with Gasteiger partial charge in [-0.05, 0) is 61.0 Å². The maximum atomic E-state index is 13.1. The van der Waals surface area contributed by atoms with Crippen molar-refractivity contribution in [2.24, 2.45) is 0 Å². The molecule has 6 nitrogen and oxygen atoms in total. The van der Waals surface area contributed by atoms with Crippen molar-refractivity contribution in [1.82, 2.24) is 4.98 Å². The monoisotopic (exact) mass is 434 g/mol. The Balaban J connectivity index is 1.93. The molecule has 7 heteroatoms. The molecule has 1 fully saturated rings. The number of hydrogen-bond acceptors (Lipinski definition) is 5. The van der Waals surface area contributed by atoms with Crippen LogP contribution in [-0.2, 0) is 9.59 Å². The Labute approximate surface area is 184 Å². The van der Waals surface area contributed by atoms with Crippen LogP contribution < -0.4 is 9.64 Å². The number of anilines is 1. The van der Waals surface area contributed by atoms with Gasteiger partial charge in [0, 0.05) is 28.7 Å². The molecule has 1 saturated heterocycles. The van der Waals surface area contributed by atoms with E-state index in [1.54, 1.807) is 60.7 Å². The summed E-state index contributed by atoms with van der Waals surface area (Å²) in [6, 6.07) is 16.1. The van der Waals surface area contributed by atoms with E-state index in [4.69, 9.17) is 16.3 Å². The zero-order valence-corrected chi connectivity index (χ0v) is 17.4. The molecule has 156 valence electrons. The minimum Gasteiger partial charge on any atom is -0.507 e. The Morgan fingerprint density at radius 3 is 2.48 bits per heavy atom. The molecule has 31 heavy (non-hydrogen) atoms. The Morgan fingerprint density at radius 1 is 1.10 bits per heavy atom. The normalized spacial score (nSPS) is 17.7. The number of ketones is 1. The number of aliphatic hydroxyl groups is 1. The summed E-state index contributed by atoms with van der Waals surface area (Å²) in [6.07, 6.45) is 3.02. The Hall–Kier alpha value is -3.64. The van der Waals surface area contributed by atoms with Gasteiger partial charge in [-0.15, -0.1) is 0 Å². The van der Waals surface area contributed by atoms with Gasteiger partial charge in [0.05, 0.1) is 18.2 Å². The molecule has 2 aromatic carbocycles. The van der Waals surface area contributed by atoms with Crippen molar-refractivity contribution in [3.8, 4) is 5.75 Å². The molecule has 1 atom stereocenters. The maximum absolute atomic E-state index is 13.1. The molecule has 0 bridgehead atoms. The Morgan fingerprint density at radius 2 is 1.81 bits per heavy atom. The summed E-state index contributed by atoms with van der Waals surface area (Å²) in [4.78, 5) is 31.5. The van der Waals surface area contributed by atoms with Crippen LogP contribution in [0.5, 0.6) is 5.75 Å². The third-order valence-corrected chi connectivity index (χ3v) is 5.24. The molecule has 1 amide bonds. The lowest BCUT2D eigenvalue weighted by atomic mass is 9.95. The van der Waals surface area contributed by atoms with Gasteiger partial charge in [-0.2, -0.15) is 0 Å². The van der Waals surface area contributed by atoms with Crippen molar-refractivity contribution in [2.45, 2.75) is 13.0 Å². The molecule has 2 heterocycles. The number of pyridine rings is 1. The standard InChI is InChI=1S/C24H19ClN2O4/c1-2-31-19-5-3-4-16(14-19)21-20(22(28)15-10-12-26-13-11-15)23(29)24(30)27(21)18-8-6-17(25)7-9-18/h3-14,21,28H,2H2,1H3/b22-20-. The van der Waals surface area contributed by atoms with Gasteiger partial charge in [0.25, 0.3) is 11.7 Å². The van der Waals surface area contributed by atoms with Crippen LogP contribution in [0.4, 0.5) is 5.69 Å². The first kappa shape index (κ1) is 20.6. The number of aliphatic hydroxyl groups excluding tert-OH is 1. The summed E-state index contributed by atoms with van der Waals surface area (Å²) in [7, 11) is 0. The fraction of sp³-hybridized carbons (Fsp3) is 0.125. The van der Waals surface area contributed by atoms with E-state index in [-0.39, 0.29) is 11.3 Å². The van der Waals surface area contributed by atoms with Gasteiger partial charge in [-0.25, -0.2) is 0 Å². The first-order chi connectivity index (χ1) is 15.0. The average molecular weight is 435 g/mol. The van der Waals surface area contributed by atoms with Gasteiger partial charge >= 0.3 is 0 Å². The minimum atomic E-state index is -0.838. The lowest BCUT2D eigenvalue weighted by molar-refractivity contribution is -0.132. The van der Waals surface area contributed by atoms with Crippen LogP contribution in [0.1, 0.15) is 24.1 Å². The van der Waals surface area contributed by atoms with Crippen molar-refractivity contribution in [2.75, 3.05) is 11.5 Å². The molecule has 4 rings (SSSR count). The number of hydrogen-bond donors (Lipinski definition) is 1. The van der Waals surface area contributed by atoms with Crippen LogP contribution in [0, 0.1) is 0 Å². The number of ether oxygens (including phenoxy) is 1. The quantitative estimate of drug-likeness (QED) is 0.356. The Kier molecular flexibility index (Phi) is 5.73. The number of amides is 1. The van der Waals surface area contributed by atoms with E-state index in [2.05, 4.69) is 4.98 Å². The Bertz CT molecular complexity index is 1160. The zero-order chi connectivity index (χ0) is 22.0. The zero-order valence-electron chi connectivity index (χ0n) is 16.7. The van der Waals surface area contributed by atoms with E-state index >= 15 is 0 Å². The van der Waals surface area contributed by atoms with E-state index in [1.807, 2.05) is 6.92 Å². The molecular weight excluding hydrogens is 416 g/mol. The van der Waals surface area contributed by atoms with Gasteiger partial charge in [-0.3, -0.25) is 19.5 Å². The summed E-state index contributed by atoms with van der Waals surface area (Å²) in [5, 5.41) is 11.5. The number of Topliss-reactive ketones (excluding diaryl/α,β-unsaturated/α-hetero) is 1. The van der Waals surface area contributed by atoms with E-state index in [0.717, 1.165) is 0 Å². The predicted molar refractivity (Wildman–Crippen MR) is 118 cm³/mol. The average Bonchev–Trinajstić information content (AvgIpc) is 3.05. The summed E-state index contributed by atoms with van der Waals surface area (Å²) < 4.78 is 5.60. The van der Waals surface area contributed by atoms with Gasteiger partial charge in [0.2, 0.25) is 0 Å². The van der Waals surface area contributed by atoms with E-state index in [1.165, 1.54) is 17.3 Å². The summed E-state index contributed by atoms with van der Waals surface area (Å²) >= 11 is 6.01. The molecule has 0 aliphatic carbocycles. The fourth-order valence-electron chi connectivity index (χ4n) is 3.62. The predicted octanol–water partition coefficient (Wildman–Crippen LogP) is 4.76. The maximum Gasteiger partial charge on any atom is 0.300 e. The minimum absolute atomic E-state index is 0.000187. The smallest absolute Gasteiger partial charge is 0.300 e. The van der Waals surface area contributed by atoms with Crippen LogP contribution in [0.15, 0.2) is 78.6 Å². The van der Waals surface area contributed by atoms with Crippen molar-refractivity contribution in [3.05, 3.63) is 94.8 Å². The number of carbonyl (C=O) groups is 2. The summed E-state index contributed by atoms with van der Waals surface area (Å²) in [5.74, 6) is -1.16. The molecule has 1 N–H and O–H groups in total. The highest BCUT2D eigenvalue weighted by Crippen LogP contribution is 2.42. The first-order valence-corrected chi connectivity index (χ1v) is 10.1. The van der Waals surface area contributed by atoms with E-state index in [0.29, 0.717) is 34.2 Å². The number of benzene rings is 2. The summed E-state index contributed by atoms with van der Waals surface area (Å²) in [5.41, 5.74) is 1.53. The van der Waals surface area contributed by atoms with Crippen LogP contribution in [0.25, 0.3) is 5.76 Å². The second-order valence-corrected chi connectivity index (χ2v) is 7.32. The SMILES string of the molecule is CCOc1cccc(C2/C(=C(/O)c3ccncc3)C(=O)C(=O)N2c2ccc(Cl)cc2)c1. The number of halogens is 1. The highest BCUT2D eigenvalue weighted by atomic mass is 35.5. The molecule has 1 aliphatic rings. The van der Waals surface area contributed by atoms with E-state index in [9.17, 15) is 14.7 Å². The largest absolute Gasteiger partial charge is 0.507 e. The molecule has 0 radical (unpaired) electrons. The fourth-order valence-corrected chi connectivity index (χ4v) is 3.75. The summed E-state index contributed by atoms with van der Waals surface area (Å²) in [6.45, 7) is 2.34. The molecule has 3 aromatic rings. The van der Waals surface area contributed by atoms with Crippen LogP contribution >= 0.6 is 11.6 Å². The lowest BCUT2D eigenvalue weighted by Crippen LogP contribution is -2.29.